The molecule has 9 heteroatoms. The topological polar surface area (TPSA) is 67.8 Å². The molecule has 0 spiro atoms. The van der Waals surface area contributed by atoms with E-state index in [9.17, 15) is 5.11 Å². The number of fused-ring (bicyclic) bond motifs is 3. The smallest absolute Gasteiger partial charge is 0.228 e. The van der Waals surface area contributed by atoms with Crippen molar-refractivity contribution in [2.75, 3.05) is 50.1 Å². The molecule has 3 saturated heterocycles. The summed E-state index contributed by atoms with van der Waals surface area (Å²) < 4.78 is 16.4. The average molecular weight is 549 g/mol. The Balaban J connectivity index is 1.44. The molecule has 2 atom stereocenters. The van der Waals surface area contributed by atoms with E-state index in [0.29, 0.717) is 35.0 Å². The summed E-state index contributed by atoms with van der Waals surface area (Å²) in [5, 5.41) is 15.1. The monoisotopic (exact) mass is 548 g/mol. The van der Waals surface area contributed by atoms with Crippen molar-refractivity contribution in [1.29, 1.82) is 0 Å². The number of aromatic nitrogens is 2. The highest BCUT2D eigenvalue weighted by atomic mass is 35.5. The van der Waals surface area contributed by atoms with Crippen molar-refractivity contribution >= 4 is 45.9 Å². The highest BCUT2D eigenvalue weighted by Gasteiger charge is 2.40. The van der Waals surface area contributed by atoms with Gasteiger partial charge in [0.1, 0.15) is 17.1 Å². The largest absolute Gasteiger partial charge is 0.508 e. The Kier molecular flexibility index (Phi) is 6.73. The van der Waals surface area contributed by atoms with E-state index in [1.54, 1.807) is 25.1 Å². The molecule has 1 aromatic heterocycles. The van der Waals surface area contributed by atoms with Crippen molar-refractivity contribution in [3.63, 3.8) is 0 Å². The number of anilines is 2. The molecule has 204 valence electrons. The second-order valence-corrected chi connectivity index (χ2v) is 11.6. The molecule has 0 radical (unpaired) electrons. The Labute approximate surface area is 233 Å². The lowest BCUT2D eigenvalue weighted by atomic mass is 10.0. The van der Waals surface area contributed by atoms with E-state index in [2.05, 4.69) is 34.1 Å². The molecule has 0 saturated carbocycles. The Morgan fingerprint density at radius 1 is 1.21 bits per heavy atom. The van der Waals surface area contributed by atoms with Crippen LogP contribution >= 0.6 is 11.6 Å². The molecule has 2 bridgehead atoms. The van der Waals surface area contributed by atoms with Crippen LogP contribution in [0.2, 0.25) is 5.02 Å². The van der Waals surface area contributed by atoms with Crippen LogP contribution in [0, 0.1) is 12.7 Å². The number of aliphatic hydroxyl groups is 1. The van der Waals surface area contributed by atoms with Crippen molar-refractivity contribution in [3.05, 3.63) is 69.7 Å². The summed E-state index contributed by atoms with van der Waals surface area (Å²) in [5.74, 6) is 0.820. The van der Waals surface area contributed by atoms with Crippen molar-refractivity contribution in [3.8, 4) is 0 Å². The van der Waals surface area contributed by atoms with E-state index in [-0.39, 0.29) is 21.9 Å². The zero-order valence-electron chi connectivity index (χ0n) is 22.7. The molecule has 0 amide bonds. The molecule has 2 aromatic carbocycles. The van der Waals surface area contributed by atoms with Crippen LogP contribution < -0.4 is 15.1 Å². The van der Waals surface area contributed by atoms with Gasteiger partial charge in [-0.3, -0.25) is 0 Å². The van der Waals surface area contributed by atoms with E-state index in [1.807, 2.05) is 31.2 Å². The van der Waals surface area contributed by atoms with E-state index in [1.165, 1.54) is 0 Å². The molecular formula is C30H34ClFN6O. The predicted molar refractivity (Wildman–Crippen MR) is 157 cm³/mol. The average Bonchev–Trinajstić information content (AvgIpc) is 3.48. The minimum Gasteiger partial charge on any atom is -0.508 e. The van der Waals surface area contributed by atoms with Gasteiger partial charge in [-0.25, -0.2) is 9.37 Å². The van der Waals surface area contributed by atoms with Gasteiger partial charge in [0, 0.05) is 55.3 Å². The third kappa shape index (κ3) is 4.75. The zero-order valence-corrected chi connectivity index (χ0v) is 23.5. The molecule has 0 unspecified atom stereocenters. The van der Waals surface area contributed by atoms with Gasteiger partial charge in [0.25, 0.3) is 0 Å². The van der Waals surface area contributed by atoms with Gasteiger partial charge in [0.05, 0.1) is 5.02 Å². The van der Waals surface area contributed by atoms with Gasteiger partial charge in [-0.05, 0) is 69.3 Å². The molecule has 6 rings (SSSR count). The van der Waals surface area contributed by atoms with Gasteiger partial charge >= 0.3 is 0 Å². The number of allylic oxidation sites excluding steroid dienone is 2. The fourth-order valence-electron chi connectivity index (χ4n) is 5.90. The van der Waals surface area contributed by atoms with Crippen LogP contribution in [-0.4, -0.2) is 78.4 Å². The maximum atomic E-state index is 16.4. The van der Waals surface area contributed by atoms with Gasteiger partial charge < -0.3 is 25.1 Å². The standard InChI is InChI=1S/C30H34ClFN6O/c1-17-7-5-6-8-19(17)10-23(39)9-18(2)26-25(31)12-24-28(27(26)32)34-30(37-15-22(16-37)36(3)4)35-29(24)38-14-20-11-21(38)13-33-20/h5-10,12,20-22,33,39H,11,13-16H2,1-4H3/b18-9+,23-10+/t20-,21-/m0/s1. The summed E-state index contributed by atoms with van der Waals surface area (Å²) in [4.78, 5) is 16.3. The molecule has 4 heterocycles. The number of nitrogens with zero attached hydrogens (tertiary/aromatic N) is 5. The van der Waals surface area contributed by atoms with Crippen molar-refractivity contribution < 1.29 is 9.50 Å². The minimum absolute atomic E-state index is 0.0253. The molecule has 7 nitrogen and oxygen atoms in total. The molecule has 2 N–H and O–H groups in total. The molecule has 0 aliphatic carbocycles. The lowest BCUT2D eigenvalue weighted by Crippen LogP contribution is -2.58. The molecule has 3 aliphatic rings. The Bertz CT molecular complexity index is 1500. The van der Waals surface area contributed by atoms with Crippen LogP contribution in [0.3, 0.4) is 0 Å². The summed E-state index contributed by atoms with van der Waals surface area (Å²) in [6, 6.07) is 10.7. The number of aryl methyl sites for hydroxylation is 1. The first-order valence-corrected chi connectivity index (χ1v) is 13.8. The second-order valence-electron chi connectivity index (χ2n) is 11.2. The fourth-order valence-corrected chi connectivity index (χ4v) is 6.24. The van der Waals surface area contributed by atoms with Gasteiger partial charge in [-0.15, -0.1) is 0 Å². The number of likely N-dealkylation sites (N-methyl/N-ethyl adjacent to an activating group) is 1. The fraction of sp³-hybridized carbons (Fsp3) is 0.400. The van der Waals surface area contributed by atoms with Crippen molar-refractivity contribution in [2.24, 2.45) is 0 Å². The second kappa shape index (κ2) is 10.1. The summed E-state index contributed by atoms with van der Waals surface area (Å²) in [6.45, 7) is 7.04. The normalized spacial score (nSPS) is 21.9. The molecule has 39 heavy (non-hydrogen) atoms. The number of hydrogen-bond acceptors (Lipinski definition) is 7. The first-order valence-electron chi connectivity index (χ1n) is 13.5. The van der Waals surface area contributed by atoms with Gasteiger partial charge in [-0.2, -0.15) is 4.98 Å². The first kappa shape index (κ1) is 26.0. The van der Waals surface area contributed by atoms with Crippen LogP contribution in [0.25, 0.3) is 22.6 Å². The number of halogens is 2. The SMILES string of the molecule is C/C(=C\C(O)=C/c1ccccc1C)c1c(Cl)cc2c(N3C[C@@H]4C[C@H]3CN4)nc(N3CC(N(C)C)C3)nc2c1F. The Hall–Kier alpha value is -3.20. The van der Waals surface area contributed by atoms with Gasteiger partial charge in [0.15, 0.2) is 5.82 Å². The van der Waals surface area contributed by atoms with Crippen LogP contribution in [0.15, 0.2) is 42.2 Å². The number of hydrogen-bond donors (Lipinski definition) is 2. The van der Waals surface area contributed by atoms with E-state index >= 15 is 4.39 Å². The molecular weight excluding hydrogens is 515 g/mol. The van der Waals surface area contributed by atoms with E-state index < -0.39 is 5.82 Å². The highest BCUT2D eigenvalue weighted by molar-refractivity contribution is 6.33. The molecule has 3 fully saturated rings. The van der Waals surface area contributed by atoms with Gasteiger partial charge in [0.2, 0.25) is 5.95 Å². The van der Waals surface area contributed by atoms with E-state index in [4.69, 9.17) is 21.6 Å². The number of aliphatic hydroxyl groups excluding tert-OH is 1. The third-order valence-electron chi connectivity index (χ3n) is 8.31. The summed E-state index contributed by atoms with van der Waals surface area (Å²) in [7, 11) is 4.13. The van der Waals surface area contributed by atoms with Crippen molar-refractivity contribution in [2.45, 2.75) is 38.4 Å². The Morgan fingerprint density at radius 3 is 2.64 bits per heavy atom. The lowest BCUT2D eigenvalue weighted by molar-refractivity contribution is 0.245. The number of nitrogens with one attached hydrogen (secondary N) is 1. The maximum Gasteiger partial charge on any atom is 0.228 e. The lowest BCUT2D eigenvalue weighted by Gasteiger charge is -2.43. The summed E-state index contributed by atoms with van der Waals surface area (Å²) >= 11 is 6.74. The van der Waals surface area contributed by atoms with Crippen LogP contribution in [-0.2, 0) is 0 Å². The van der Waals surface area contributed by atoms with E-state index in [0.717, 1.165) is 49.5 Å². The van der Waals surface area contributed by atoms with Gasteiger partial charge in [-0.1, -0.05) is 35.9 Å². The number of piperazine rings is 1. The molecule has 3 aliphatic heterocycles. The maximum absolute atomic E-state index is 16.4. The highest BCUT2D eigenvalue weighted by Crippen LogP contribution is 2.40. The first-order chi connectivity index (χ1) is 18.7. The Morgan fingerprint density at radius 2 is 1.97 bits per heavy atom. The van der Waals surface area contributed by atoms with Crippen LogP contribution in [0.4, 0.5) is 16.2 Å². The summed E-state index contributed by atoms with van der Waals surface area (Å²) in [6.07, 6.45) is 4.27. The quantitative estimate of drug-likeness (QED) is 0.331. The van der Waals surface area contributed by atoms with Crippen LogP contribution in [0.1, 0.15) is 30.0 Å². The van der Waals surface area contributed by atoms with Crippen molar-refractivity contribution in [1.82, 2.24) is 20.2 Å². The molecule has 3 aromatic rings. The number of rotatable bonds is 6. The zero-order chi connectivity index (χ0) is 27.4. The number of benzene rings is 2. The predicted octanol–water partition coefficient (Wildman–Crippen LogP) is 5.03. The summed E-state index contributed by atoms with van der Waals surface area (Å²) in [5.41, 5.74) is 2.95. The minimum atomic E-state index is -0.494. The third-order valence-corrected chi connectivity index (χ3v) is 8.60. The van der Waals surface area contributed by atoms with Crippen LogP contribution in [0.5, 0.6) is 0 Å².